The Bertz CT molecular complexity index is 492. The zero-order valence-corrected chi connectivity index (χ0v) is 14.0. The van der Waals surface area contributed by atoms with Crippen LogP contribution in [0.15, 0.2) is 24.3 Å². The van der Waals surface area contributed by atoms with Gasteiger partial charge in [0.05, 0.1) is 0 Å². The van der Waals surface area contributed by atoms with Gasteiger partial charge in [0.1, 0.15) is 0 Å². The Morgan fingerprint density at radius 1 is 1.19 bits per heavy atom. The number of rotatable bonds is 2. The van der Waals surface area contributed by atoms with Crippen LogP contribution in [0.1, 0.15) is 45.2 Å². The Morgan fingerprint density at radius 3 is 2.62 bits per heavy atom. The molecule has 2 nitrogen and oxygen atoms in total. The van der Waals surface area contributed by atoms with Crippen molar-refractivity contribution in [2.24, 2.45) is 5.92 Å². The first-order chi connectivity index (χ1) is 9.96. The molecule has 2 unspecified atom stereocenters. The first kappa shape index (κ1) is 15.1. The Kier molecular flexibility index (Phi) is 4.11. The lowest BCUT2D eigenvalue weighted by molar-refractivity contribution is 0.0265. The van der Waals surface area contributed by atoms with Gasteiger partial charge in [0.25, 0.3) is 0 Å². The summed E-state index contributed by atoms with van der Waals surface area (Å²) in [6, 6.07) is 10.4. The van der Waals surface area contributed by atoms with Gasteiger partial charge in [-0.25, -0.2) is 0 Å². The highest BCUT2D eigenvalue weighted by Gasteiger charge is 2.38. The van der Waals surface area contributed by atoms with Crippen molar-refractivity contribution in [3.63, 3.8) is 0 Å². The van der Waals surface area contributed by atoms with Gasteiger partial charge in [-0.15, -0.1) is 0 Å². The number of nitrogens with zero attached hydrogens (tertiary/aromatic N) is 1. The van der Waals surface area contributed by atoms with Crippen LogP contribution in [0.4, 0.5) is 0 Å². The predicted octanol–water partition coefficient (Wildman–Crippen LogP) is 3.25. The Labute approximate surface area is 129 Å². The highest BCUT2D eigenvalue weighted by atomic mass is 15.3. The summed E-state index contributed by atoms with van der Waals surface area (Å²) >= 11 is 0. The maximum Gasteiger partial charge on any atom is 0.0253 e. The Balaban J connectivity index is 1.80. The molecule has 0 amide bonds. The van der Waals surface area contributed by atoms with E-state index in [1.165, 1.54) is 25.8 Å². The minimum Gasteiger partial charge on any atom is -0.309 e. The third-order valence-corrected chi connectivity index (χ3v) is 5.35. The fourth-order valence-electron chi connectivity index (χ4n) is 4.11. The molecule has 0 spiro atoms. The molecule has 2 heteroatoms. The first-order valence-electron chi connectivity index (χ1n) is 8.54. The number of hydrogen-bond acceptors (Lipinski definition) is 2. The molecule has 21 heavy (non-hydrogen) atoms. The molecule has 116 valence electrons. The van der Waals surface area contributed by atoms with Crippen molar-refractivity contribution in [2.75, 3.05) is 13.1 Å². The van der Waals surface area contributed by atoms with Gasteiger partial charge in [0.15, 0.2) is 0 Å². The molecule has 1 aromatic rings. The van der Waals surface area contributed by atoms with Crippen LogP contribution in [0.2, 0.25) is 0 Å². The molecule has 1 fully saturated rings. The summed E-state index contributed by atoms with van der Waals surface area (Å²) in [6.07, 6.45) is 3.79. The van der Waals surface area contributed by atoms with E-state index in [2.05, 4.69) is 62.2 Å². The van der Waals surface area contributed by atoms with E-state index in [9.17, 15) is 0 Å². The standard InChI is InChI=1S/C19H30N2/c1-14(2)18-12-20-19(3,4)13-21(18)17-10-9-15-7-5-6-8-16(15)11-17/h5-8,14,17-18,20H,9-13H2,1-4H3. The van der Waals surface area contributed by atoms with E-state index in [1.54, 1.807) is 11.1 Å². The van der Waals surface area contributed by atoms with Crippen molar-refractivity contribution in [3.05, 3.63) is 35.4 Å². The van der Waals surface area contributed by atoms with E-state index < -0.39 is 0 Å². The van der Waals surface area contributed by atoms with Gasteiger partial charge in [-0.3, -0.25) is 4.90 Å². The number of piperazine rings is 1. The van der Waals surface area contributed by atoms with Crippen LogP contribution in [0.5, 0.6) is 0 Å². The number of benzene rings is 1. The van der Waals surface area contributed by atoms with Crippen LogP contribution in [0.25, 0.3) is 0 Å². The Hall–Kier alpha value is -0.860. The van der Waals surface area contributed by atoms with Crippen LogP contribution in [0, 0.1) is 5.92 Å². The van der Waals surface area contributed by atoms with Crippen molar-refractivity contribution in [1.82, 2.24) is 10.2 Å². The number of nitrogens with one attached hydrogen (secondary N) is 1. The van der Waals surface area contributed by atoms with Crippen molar-refractivity contribution in [3.8, 4) is 0 Å². The van der Waals surface area contributed by atoms with E-state index in [1.807, 2.05) is 0 Å². The smallest absolute Gasteiger partial charge is 0.0253 e. The topological polar surface area (TPSA) is 15.3 Å². The molecule has 1 aliphatic heterocycles. The third kappa shape index (κ3) is 3.17. The quantitative estimate of drug-likeness (QED) is 0.898. The summed E-state index contributed by atoms with van der Waals surface area (Å²) < 4.78 is 0. The maximum absolute atomic E-state index is 3.74. The lowest BCUT2D eigenvalue weighted by Crippen LogP contribution is -2.65. The average molecular weight is 286 g/mol. The lowest BCUT2D eigenvalue weighted by Gasteiger charge is -2.50. The van der Waals surface area contributed by atoms with Crippen LogP contribution in [0.3, 0.4) is 0 Å². The van der Waals surface area contributed by atoms with Gasteiger partial charge < -0.3 is 5.32 Å². The summed E-state index contributed by atoms with van der Waals surface area (Å²) in [5.74, 6) is 0.714. The lowest BCUT2D eigenvalue weighted by atomic mass is 9.84. The largest absolute Gasteiger partial charge is 0.309 e. The normalized spacial score (nSPS) is 29.4. The molecule has 1 aliphatic carbocycles. The van der Waals surface area contributed by atoms with Crippen LogP contribution in [-0.4, -0.2) is 35.6 Å². The minimum atomic E-state index is 0.238. The molecule has 2 aliphatic rings. The highest BCUT2D eigenvalue weighted by molar-refractivity contribution is 5.30. The second-order valence-corrected chi connectivity index (χ2v) is 7.91. The van der Waals surface area contributed by atoms with E-state index >= 15 is 0 Å². The van der Waals surface area contributed by atoms with Gasteiger partial charge in [0.2, 0.25) is 0 Å². The molecule has 1 heterocycles. The third-order valence-electron chi connectivity index (χ3n) is 5.35. The second kappa shape index (κ2) is 5.73. The van der Waals surface area contributed by atoms with Gasteiger partial charge in [0, 0.05) is 30.7 Å². The van der Waals surface area contributed by atoms with Crippen molar-refractivity contribution in [2.45, 2.75) is 64.6 Å². The summed E-state index contributed by atoms with van der Waals surface area (Å²) in [5.41, 5.74) is 3.39. The number of fused-ring (bicyclic) bond motifs is 1. The fraction of sp³-hybridized carbons (Fsp3) is 0.684. The molecule has 0 bridgehead atoms. The molecule has 0 saturated carbocycles. The molecule has 1 N–H and O–H groups in total. The summed E-state index contributed by atoms with van der Waals surface area (Å²) in [5, 5.41) is 3.74. The molecular formula is C19H30N2. The summed E-state index contributed by atoms with van der Waals surface area (Å²) in [4.78, 5) is 2.82. The van der Waals surface area contributed by atoms with Gasteiger partial charge in [-0.2, -0.15) is 0 Å². The van der Waals surface area contributed by atoms with Gasteiger partial charge >= 0.3 is 0 Å². The minimum absolute atomic E-state index is 0.238. The van der Waals surface area contributed by atoms with Gasteiger partial charge in [-0.05, 0) is 50.2 Å². The monoisotopic (exact) mass is 286 g/mol. The van der Waals surface area contributed by atoms with Crippen molar-refractivity contribution >= 4 is 0 Å². The van der Waals surface area contributed by atoms with E-state index in [-0.39, 0.29) is 5.54 Å². The Morgan fingerprint density at radius 2 is 1.90 bits per heavy atom. The summed E-state index contributed by atoms with van der Waals surface area (Å²) in [6.45, 7) is 11.7. The van der Waals surface area contributed by atoms with Gasteiger partial charge in [-0.1, -0.05) is 38.1 Å². The van der Waals surface area contributed by atoms with Crippen LogP contribution in [-0.2, 0) is 12.8 Å². The first-order valence-corrected chi connectivity index (χ1v) is 8.54. The van der Waals surface area contributed by atoms with Crippen molar-refractivity contribution < 1.29 is 0 Å². The van der Waals surface area contributed by atoms with Crippen molar-refractivity contribution in [1.29, 1.82) is 0 Å². The van der Waals surface area contributed by atoms with E-state index in [4.69, 9.17) is 0 Å². The number of aryl methyl sites for hydroxylation is 1. The second-order valence-electron chi connectivity index (χ2n) is 7.91. The zero-order valence-electron chi connectivity index (χ0n) is 14.0. The molecule has 1 aromatic carbocycles. The van der Waals surface area contributed by atoms with Crippen LogP contribution < -0.4 is 5.32 Å². The van der Waals surface area contributed by atoms with E-state index in [0.717, 1.165) is 6.54 Å². The predicted molar refractivity (Wildman–Crippen MR) is 89.7 cm³/mol. The average Bonchev–Trinajstić information content (AvgIpc) is 2.45. The number of hydrogen-bond donors (Lipinski definition) is 1. The maximum atomic E-state index is 3.74. The SMILES string of the molecule is CC(C)C1CNC(C)(C)CN1C1CCc2ccccc2C1. The molecule has 0 radical (unpaired) electrons. The molecule has 3 rings (SSSR count). The zero-order chi connectivity index (χ0) is 15.0. The molecule has 0 aromatic heterocycles. The van der Waals surface area contributed by atoms with E-state index in [0.29, 0.717) is 18.0 Å². The molecule has 1 saturated heterocycles. The summed E-state index contributed by atoms with van der Waals surface area (Å²) in [7, 11) is 0. The van der Waals surface area contributed by atoms with Crippen LogP contribution >= 0.6 is 0 Å². The highest BCUT2D eigenvalue weighted by Crippen LogP contribution is 2.30. The molecule has 2 atom stereocenters. The molecular weight excluding hydrogens is 256 g/mol. The fourth-order valence-corrected chi connectivity index (χ4v) is 4.11.